The molecule has 1 aliphatic heterocycles. The Hall–Kier alpha value is -1.84. The number of hydrogen-bond donors (Lipinski definition) is 2. The molecule has 4 nitrogen and oxygen atoms in total. The molecule has 0 radical (unpaired) electrons. The highest BCUT2D eigenvalue weighted by Gasteiger charge is 2.31. The van der Waals surface area contributed by atoms with Gasteiger partial charge in [-0.15, -0.1) is 0 Å². The van der Waals surface area contributed by atoms with Crippen LogP contribution in [0.4, 0.5) is 0 Å². The molecule has 2 N–H and O–H groups in total. The van der Waals surface area contributed by atoms with Gasteiger partial charge in [0.25, 0.3) is 5.91 Å². The van der Waals surface area contributed by atoms with Gasteiger partial charge in [-0.25, -0.2) is 0 Å². The van der Waals surface area contributed by atoms with Crippen molar-refractivity contribution in [1.29, 1.82) is 0 Å². The van der Waals surface area contributed by atoms with Crippen molar-refractivity contribution >= 4 is 11.9 Å². The van der Waals surface area contributed by atoms with E-state index in [9.17, 15) is 4.79 Å². The Morgan fingerprint density at radius 1 is 1.33 bits per heavy atom. The van der Waals surface area contributed by atoms with Crippen LogP contribution in [-0.2, 0) is 4.79 Å². The maximum atomic E-state index is 11.9. The first-order valence-electron chi connectivity index (χ1n) is 6.49. The van der Waals surface area contributed by atoms with Gasteiger partial charge in [-0.2, -0.15) is 0 Å². The normalized spacial score (nSPS) is 25.1. The quantitative estimate of drug-likeness (QED) is 0.849. The van der Waals surface area contributed by atoms with Crippen molar-refractivity contribution in [3.8, 4) is 0 Å². The minimum atomic E-state index is -0.297. The average molecular weight is 243 g/mol. The van der Waals surface area contributed by atoms with Crippen molar-refractivity contribution in [2.45, 2.75) is 31.7 Å². The highest BCUT2D eigenvalue weighted by Crippen LogP contribution is 2.40. The van der Waals surface area contributed by atoms with Gasteiger partial charge in [0.15, 0.2) is 5.96 Å². The van der Waals surface area contributed by atoms with Crippen molar-refractivity contribution in [2.24, 2.45) is 4.99 Å². The zero-order valence-corrected chi connectivity index (χ0v) is 10.4. The lowest BCUT2D eigenvalue weighted by Crippen LogP contribution is -2.25. The third kappa shape index (κ3) is 2.10. The van der Waals surface area contributed by atoms with Crippen LogP contribution in [0, 0.1) is 0 Å². The smallest absolute Gasteiger partial charge is 0.253 e. The summed E-state index contributed by atoms with van der Waals surface area (Å²) >= 11 is 0. The van der Waals surface area contributed by atoms with Crippen molar-refractivity contribution < 1.29 is 4.79 Å². The number of benzene rings is 1. The Morgan fingerprint density at radius 3 is 2.83 bits per heavy atom. The van der Waals surface area contributed by atoms with Crippen LogP contribution in [-0.4, -0.2) is 18.4 Å². The van der Waals surface area contributed by atoms with Crippen molar-refractivity contribution in [1.82, 2.24) is 10.6 Å². The number of guanidine groups is 1. The summed E-state index contributed by atoms with van der Waals surface area (Å²) in [7, 11) is 0. The zero-order chi connectivity index (χ0) is 12.5. The molecular formula is C14H17N3O. The van der Waals surface area contributed by atoms with E-state index in [1.807, 2.05) is 19.1 Å². The van der Waals surface area contributed by atoms with E-state index in [0.717, 1.165) is 5.56 Å². The molecule has 1 heterocycles. The molecule has 2 aliphatic rings. The number of carbonyl (C=O) groups excluding carboxylic acids is 1. The summed E-state index contributed by atoms with van der Waals surface area (Å²) in [6.45, 7) is 2.61. The van der Waals surface area contributed by atoms with Crippen LogP contribution >= 0.6 is 0 Å². The molecule has 1 aromatic carbocycles. The lowest BCUT2D eigenvalue weighted by atomic mass is 10.0. The van der Waals surface area contributed by atoms with Gasteiger partial charge in [0, 0.05) is 6.54 Å². The van der Waals surface area contributed by atoms with Gasteiger partial charge >= 0.3 is 0 Å². The molecule has 0 spiro atoms. The van der Waals surface area contributed by atoms with E-state index in [0.29, 0.717) is 18.4 Å². The SMILES string of the molecule is CCN=C1NC(=O)C(c2cccc(C3CC3)c2)N1. The molecule has 3 rings (SSSR count). The summed E-state index contributed by atoms with van der Waals surface area (Å²) in [5.74, 6) is 1.28. The molecule has 1 saturated heterocycles. The maximum absolute atomic E-state index is 11.9. The molecule has 2 fully saturated rings. The molecule has 1 unspecified atom stereocenters. The average Bonchev–Trinajstić information content (AvgIpc) is 3.15. The molecule has 1 saturated carbocycles. The standard InChI is InChI=1S/C14H17N3O/c1-2-15-14-16-12(13(18)17-14)11-5-3-4-10(8-11)9-6-7-9/h3-5,8-9,12H,2,6-7H2,1H3,(H2,15,16,17,18). The lowest BCUT2D eigenvalue weighted by molar-refractivity contribution is -0.120. The Kier molecular flexibility index (Phi) is 2.78. The minimum absolute atomic E-state index is 0.0184. The molecule has 1 aliphatic carbocycles. The third-order valence-electron chi connectivity index (χ3n) is 3.39. The monoisotopic (exact) mass is 243 g/mol. The van der Waals surface area contributed by atoms with Crippen molar-refractivity contribution in [3.63, 3.8) is 0 Å². The second-order valence-corrected chi connectivity index (χ2v) is 4.83. The lowest BCUT2D eigenvalue weighted by Gasteiger charge is -2.09. The molecule has 1 aromatic rings. The van der Waals surface area contributed by atoms with E-state index in [1.165, 1.54) is 18.4 Å². The second-order valence-electron chi connectivity index (χ2n) is 4.83. The Morgan fingerprint density at radius 2 is 2.11 bits per heavy atom. The van der Waals surface area contributed by atoms with Crippen LogP contribution in [0.25, 0.3) is 0 Å². The molecule has 18 heavy (non-hydrogen) atoms. The third-order valence-corrected chi connectivity index (χ3v) is 3.39. The van der Waals surface area contributed by atoms with E-state index in [4.69, 9.17) is 0 Å². The van der Waals surface area contributed by atoms with Crippen LogP contribution in [0.3, 0.4) is 0 Å². The highest BCUT2D eigenvalue weighted by atomic mass is 16.2. The molecular weight excluding hydrogens is 226 g/mol. The predicted octanol–water partition coefficient (Wildman–Crippen LogP) is 1.70. The number of carbonyl (C=O) groups is 1. The Labute approximate surface area is 106 Å². The zero-order valence-electron chi connectivity index (χ0n) is 10.4. The number of hydrogen-bond acceptors (Lipinski definition) is 2. The number of aliphatic imine (C=N–C) groups is 1. The molecule has 1 amide bonds. The van der Waals surface area contributed by atoms with E-state index in [1.54, 1.807) is 0 Å². The van der Waals surface area contributed by atoms with Crippen LogP contribution in [0.15, 0.2) is 29.3 Å². The summed E-state index contributed by atoms with van der Waals surface area (Å²) in [6.07, 6.45) is 2.55. The highest BCUT2D eigenvalue weighted by molar-refractivity contribution is 6.06. The van der Waals surface area contributed by atoms with Crippen LogP contribution in [0.1, 0.15) is 42.9 Å². The number of nitrogens with zero attached hydrogens (tertiary/aromatic N) is 1. The van der Waals surface area contributed by atoms with Crippen molar-refractivity contribution in [3.05, 3.63) is 35.4 Å². The Balaban J connectivity index is 1.84. The fraction of sp³-hybridized carbons (Fsp3) is 0.429. The molecule has 0 bridgehead atoms. The molecule has 0 aromatic heterocycles. The minimum Gasteiger partial charge on any atom is -0.340 e. The van der Waals surface area contributed by atoms with Gasteiger partial charge in [-0.3, -0.25) is 15.1 Å². The number of nitrogens with one attached hydrogen (secondary N) is 2. The van der Waals surface area contributed by atoms with Crippen LogP contribution < -0.4 is 10.6 Å². The Bertz CT molecular complexity index is 506. The van der Waals surface area contributed by atoms with E-state index in [2.05, 4.69) is 27.8 Å². The van der Waals surface area contributed by atoms with E-state index < -0.39 is 0 Å². The summed E-state index contributed by atoms with van der Waals surface area (Å²) < 4.78 is 0. The van der Waals surface area contributed by atoms with Gasteiger partial charge in [-0.1, -0.05) is 24.3 Å². The van der Waals surface area contributed by atoms with Gasteiger partial charge in [0.2, 0.25) is 0 Å². The molecule has 94 valence electrons. The van der Waals surface area contributed by atoms with Gasteiger partial charge in [0.1, 0.15) is 6.04 Å². The number of amides is 1. The first-order chi connectivity index (χ1) is 8.78. The second kappa shape index (κ2) is 4.44. The first kappa shape index (κ1) is 11.3. The van der Waals surface area contributed by atoms with Crippen molar-refractivity contribution in [2.75, 3.05) is 6.54 Å². The summed E-state index contributed by atoms with van der Waals surface area (Å²) in [4.78, 5) is 16.1. The van der Waals surface area contributed by atoms with E-state index >= 15 is 0 Å². The largest absolute Gasteiger partial charge is 0.340 e. The summed E-state index contributed by atoms with van der Waals surface area (Å²) in [5, 5.41) is 5.90. The number of rotatable bonds is 3. The van der Waals surface area contributed by atoms with Gasteiger partial charge in [-0.05, 0) is 36.8 Å². The van der Waals surface area contributed by atoms with Crippen LogP contribution in [0.5, 0.6) is 0 Å². The fourth-order valence-electron chi connectivity index (χ4n) is 2.31. The summed E-state index contributed by atoms with van der Waals surface area (Å²) in [5.41, 5.74) is 2.38. The van der Waals surface area contributed by atoms with Crippen LogP contribution in [0.2, 0.25) is 0 Å². The van der Waals surface area contributed by atoms with Gasteiger partial charge < -0.3 is 5.32 Å². The maximum Gasteiger partial charge on any atom is 0.253 e. The fourth-order valence-corrected chi connectivity index (χ4v) is 2.31. The topological polar surface area (TPSA) is 53.5 Å². The summed E-state index contributed by atoms with van der Waals surface area (Å²) in [6, 6.07) is 8.03. The first-order valence-corrected chi connectivity index (χ1v) is 6.49. The predicted molar refractivity (Wildman–Crippen MR) is 70.4 cm³/mol. The van der Waals surface area contributed by atoms with Gasteiger partial charge in [0.05, 0.1) is 0 Å². The van der Waals surface area contributed by atoms with E-state index in [-0.39, 0.29) is 11.9 Å². The molecule has 1 atom stereocenters. The molecule has 4 heteroatoms.